The van der Waals surface area contributed by atoms with Crippen LogP contribution in [-0.4, -0.2) is 46.7 Å². The number of carbonyl (C=O) groups is 3. The summed E-state index contributed by atoms with van der Waals surface area (Å²) in [5.41, 5.74) is 13.0. The number of aliphatic imine (C=N–C) groups is 1. The number of guanidine groups is 1. The molecule has 7 N–H and O–H groups in total. The van der Waals surface area contributed by atoms with Crippen molar-refractivity contribution in [3.05, 3.63) is 82.9 Å². The predicted octanol–water partition coefficient (Wildman–Crippen LogP) is 2.27. The maximum Gasteiger partial charge on any atom is 0.343 e. The molecule has 0 bridgehead atoms. The van der Waals surface area contributed by atoms with Crippen LogP contribution in [0.5, 0.6) is 17.2 Å². The summed E-state index contributed by atoms with van der Waals surface area (Å²) >= 11 is 0. The van der Waals surface area contributed by atoms with E-state index in [2.05, 4.69) is 10.3 Å². The van der Waals surface area contributed by atoms with E-state index in [4.69, 9.17) is 20.9 Å². The van der Waals surface area contributed by atoms with Crippen LogP contribution in [-0.2, 0) is 17.6 Å². The minimum Gasteiger partial charge on any atom is -0.508 e. The van der Waals surface area contributed by atoms with E-state index >= 15 is 0 Å². The van der Waals surface area contributed by atoms with Crippen LogP contribution in [0.15, 0.2) is 65.7 Å². The summed E-state index contributed by atoms with van der Waals surface area (Å²) in [5, 5.41) is 21.6. The number of carbonyl (C=O) groups excluding carboxylic acids is 2. The number of aromatic hydroxyl groups is 1. The Morgan fingerprint density at radius 3 is 2.55 bits per heavy atom. The number of carboxylic acids is 1. The molecular weight excluding hydrogens is 492 g/mol. The molecule has 3 aromatic rings. The predicted molar refractivity (Wildman–Crippen MR) is 138 cm³/mol. The van der Waals surface area contributed by atoms with Gasteiger partial charge in [-0.05, 0) is 66.4 Å². The van der Waals surface area contributed by atoms with Gasteiger partial charge in [-0.3, -0.25) is 4.79 Å². The number of aliphatic carboxylic acids is 1. The number of para-hydroxylation sites is 1. The summed E-state index contributed by atoms with van der Waals surface area (Å²) < 4.78 is 11.5. The average molecular weight is 519 g/mol. The van der Waals surface area contributed by atoms with Gasteiger partial charge in [0, 0.05) is 6.42 Å². The zero-order valence-electron chi connectivity index (χ0n) is 20.2. The second-order valence-corrected chi connectivity index (χ2v) is 8.59. The largest absolute Gasteiger partial charge is 0.508 e. The molecule has 0 saturated carbocycles. The fraction of sp³-hybridized carbons (Fsp3) is 0.185. The van der Waals surface area contributed by atoms with Crippen LogP contribution < -0.4 is 26.3 Å². The zero-order chi connectivity index (χ0) is 27.2. The Labute approximate surface area is 217 Å². The third-order valence-electron chi connectivity index (χ3n) is 5.81. The van der Waals surface area contributed by atoms with Gasteiger partial charge in [-0.2, -0.15) is 0 Å². The summed E-state index contributed by atoms with van der Waals surface area (Å²) in [5.74, 6) is -2.60. The number of hydrogen-bond donors (Lipinski definition) is 5. The third-order valence-corrected chi connectivity index (χ3v) is 5.81. The summed E-state index contributed by atoms with van der Waals surface area (Å²) in [4.78, 5) is 42.1. The monoisotopic (exact) mass is 518 g/mol. The SMILES string of the molecule is NC(N)=Nc1ccc2c(c1)CCCOc1c(cccc1C(=O)N[C@@H](Cc1ccc(O)cc1)C(=O)O)OC2=O. The highest BCUT2D eigenvalue weighted by Crippen LogP contribution is 2.34. The molecule has 11 nitrogen and oxygen atoms in total. The van der Waals surface area contributed by atoms with Crippen molar-refractivity contribution in [3.8, 4) is 17.2 Å². The molecule has 4 rings (SSSR count). The fourth-order valence-corrected chi connectivity index (χ4v) is 4.02. The second-order valence-electron chi connectivity index (χ2n) is 8.59. The average Bonchev–Trinajstić information content (AvgIpc) is 2.87. The first kappa shape index (κ1) is 26.0. The Morgan fingerprint density at radius 2 is 1.84 bits per heavy atom. The number of amides is 1. The van der Waals surface area contributed by atoms with Crippen molar-refractivity contribution >= 4 is 29.5 Å². The van der Waals surface area contributed by atoms with Gasteiger partial charge in [0.25, 0.3) is 5.91 Å². The standard InChI is InChI=1S/C27H26N4O7/c28-27(29)30-17-8-11-19-16(14-17)3-2-12-37-23-20(4-1-5-22(23)38-26(19)36)24(33)31-21(25(34)35)13-15-6-9-18(32)10-7-15/h1,4-11,14,21,32H,2-3,12-13H2,(H,31,33)(H,34,35)(H4,28,29,30)/t21-/m0/s1. The Kier molecular flexibility index (Phi) is 7.76. The van der Waals surface area contributed by atoms with Gasteiger partial charge < -0.3 is 36.5 Å². The van der Waals surface area contributed by atoms with Crippen LogP contribution in [0, 0.1) is 0 Å². The van der Waals surface area contributed by atoms with Crippen LogP contribution in [0.2, 0.25) is 0 Å². The quantitative estimate of drug-likeness (QED) is 0.141. The van der Waals surface area contributed by atoms with E-state index in [0.717, 1.165) is 0 Å². The van der Waals surface area contributed by atoms with Crippen LogP contribution in [0.1, 0.15) is 38.3 Å². The topological polar surface area (TPSA) is 187 Å². The Morgan fingerprint density at radius 1 is 1.08 bits per heavy atom. The van der Waals surface area contributed by atoms with Crippen LogP contribution in [0.4, 0.5) is 5.69 Å². The number of phenols is 1. The normalized spacial score (nSPS) is 13.5. The molecule has 1 aliphatic rings. The summed E-state index contributed by atoms with van der Waals surface area (Å²) in [6.07, 6.45) is 0.945. The molecule has 0 radical (unpaired) electrons. The molecule has 0 unspecified atom stereocenters. The number of hydrogen-bond acceptors (Lipinski definition) is 7. The van der Waals surface area contributed by atoms with E-state index in [1.807, 2.05) is 0 Å². The number of fused-ring (bicyclic) bond motifs is 2. The first-order chi connectivity index (χ1) is 18.2. The summed E-state index contributed by atoms with van der Waals surface area (Å²) in [6.45, 7) is 0.191. The lowest BCUT2D eigenvalue weighted by atomic mass is 10.0. The molecule has 1 amide bonds. The molecule has 0 spiro atoms. The number of esters is 1. The Hall–Kier alpha value is -5.06. The lowest BCUT2D eigenvalue weighted by Gasteiger charge is -2.20. The van der Waals surface area contributed by atoms with E-state index in [-0.39, 0.29) is 41.8 Å². The minimum atomic E-state index is -1.25. The molecule has 0 aromatic heterocycles. The van der Waals surface area contributed by atoms with Crippen molar-refractivity contribution in [1.29, 1.82) is 0 Å². The number of nitrogens with two attached hydrogens (primary N) is 2. The van der Waals surface area contributed by atoms with Crippen molar-refractivity contribution in [2.45, 2.75) is 25.3 Å². The highest BCUT2D eigenvalue weighted by molar-refractivity contribution is 6.00. The number of aryl methyl sites for hydroxylation is 1. The third kappa shape index (κ3) is 6.19. The first-order valence-electron chi connectivity index (χ1n) is 11.7. The molecule has 38 heavy (non-hydrogen) atoms. The van der Waals surface area contributed by atoms with Gasteiger partial charge in [-0.1, -0.05) is 18.2 Å². The van der Waals surface area contributed by atoms with E-state index in [0.29, 0.717) is 35.2 Å². The second kappa shape index (κ2) is 11.3. The molecular formula is C27H26N4O7. The van der Waals surface area contributed by atoms with Gasteiger partial charge in [0.2, 0.25) is 0 Å². The highest BCUT2D eigenvalue weighted by Gasteiger charge is 2.26. The number of benzene rings is 3. The summed E-state index contributed by atoms with van der Waals surface area (Å²) in [7, 11) is 0. The number of rotatable bonds is 6. The van der Waals surface area contributed by atoms with Crippen molar-refractivity contribution in [3.63, 3.8) is 0 Å². The van der Waals surface area contributed by atoms with E-state index in [1.54, 1.807) is 30.3 Å². The lowest BCUT2D eigenvalue weighted by Crippen LogP contribution is -2.42. The molecule has 1 heterocycles. The summed E-state index contributed by atoms with van der Waals surface area (Å²) in [6, 6.07) is 14.1. The fourth-order valence-electron chi connectivity index (χ4n) is 4.02. The van der Waals surface area contributed by atoms with Gasteiger partial charge >= 0.3 is 11.9 Å². The van der Waals surface area contributed by atoms with Crippen LogP contribution in [0.3, 0.4) is 0 Å². The van der Waals surface area contributed by atoms with E-state index in [9.17, 15) is 24.6 Å². The highest BCUT2D eigenvalue weighted by atomic mass is 16.6. The van der Waals surface area contributed by atoms with Crippen LogP contribution >= 0.6 is 0 Å². The van der Waals surface area contributed by atoms with Crippen molar-refractivity contribution in [2.75, 3.05) is 6.61 Å². The van der Waals surface area contributed by atoms with Crippen molar-refractivity contribution < 1.29 is 34.1 Å². The molecule has 1 aliphatic heterocycles. The molecule has 0 fully saturated rings. The van der Waals surface area contributed by atoms with Gasteiger partial charge in [0.15, 0.2) is 17.5 Å². The smallest absolute Gasteiger partial charge is 0.343 e. The minimum absolute atomic E-state index is 0.00908. The van der Waals surface area contributed by atoms with Crippen molar-refractivity contribution in [1.82, 2.24) is 5.32 Å². The van der Waals surface area contributed by atoms with E-state index in [1.165, 1.54) is 30.3 Å². The number of carboxylic acid groups (broad SMARTS) is 1. The van der Waals surface area contributed by atoms with Crippen LogP contribution in [0.25, 0.3) is 0 Å². The number of ether oxygens (including phenoxy) is 2. The van der Waals surface area contributed by atoms with E-state index < -0.39 is 23.9 Å². The van der Waals surface area contributed by atoms with Crippen molar-refractivity contribution in [2.24, 2.45) is 16.5 Å². The molecule has 3 aromatic carbocycles. The zero-order valence-corrected chi connectivity index (χ0v) is 20.2. The number of nitrogens with zero attached hydrogens (tertiary/aromatic N) is 1. The number of nitrogens with one attached hydrogen (secondary N) is 1. The molecule has 196 valence electrons. The first-order valence-corrected chi connectivity index (χ1v) is 11.7. The Balaban J connectivity index is 1.59. The maximum atomic E-state index is 13.2. The van der Waals surface area contributed by atoms with Gasteiger partial charge in [-0.25, -0.2) is 14.6 Å². The van der Waals surface area contributed by atoms with Gasteiger partial charge in [0.1, 0.15) is 11.8 Å². The molecule has 0 aliphatic carbocycles. The molecule has 0 saturated heterocycles. The molecule has 1 atom stereocenters. The maximum absolute atomic E-state index is 13.2. The van der Waals surface area contributed by atoms with Gasteiger partial charge in [-0.15, -0.1) is 0 Å². The number of phenolic OH excluding ortho intramolecular Hbond substituents is 1. The lowest BCUT2D eigenvalue weighted by molar-refractivity contribution is -0.139. The van der Waals surface area contributed by atoms with Gasteiger partial charge in [0.05, 0.1) is 23.4 Å². The Bertz CT molecular complexity index is 1400. The molecule has 11 heteroatoms.